The standard InChI is InChI=1S/C10H20N2O4S/c1-8(16-2)10(13)11-9-5-4-6-12(7-9)17(3,14)15/h8-9H,4-7H2,1-3H3,(H,11,13). The van der Waals surface area contributed by atoms with Crippen molar-refractivity contribution in [3.63, 3.8) is 0 Å². The number of ether oxygens (including phenoxy) is 1. The van der Waals surface area contributed by atoms with Gasteiger partial charge in [0.1, 0.15) is 6.10 Å². The van der Waals surface area contributed by atoms with Gasteiger partial charge in [0.25, 0.3) is 0 Å². The number of sulfonamides is 1. The number of methoxy groups -OCH3 is 1. The Morgan fingerprint density at radius 2 is 2.18 bits per heavy atom. The Labute approximate surface area is 102 Å². The topological polar surface area (TPSA) is 75.7 Å². The zero-order valence-corrected chi connectivity index (χ0v) is 11.3. The summed E-state index contributed by atoms with van der Waals surface area (Å²) in [6, 6.07) is -0.122. The van der Waals surface area contributed by atoms with Gasteiger partial charge in [-0.15, -0.1) is 0 Å². The Balaban J connectivity index is 2.53. The zero-order valence-electron chi connectivity index (χ0n) is 10.5. The third kappa shape index (κ3) is 4.25. The number of rotatable bonds is 4. The van der Waals surface area contributed by atoms with E-state index in [-0.39, 0.29) is 11.9 Å². The number of piperidine rings is 1. The number of carbonyl (C=O) groups excluding carboxylic acids is 1. The predicted octanol–water partition coefficient (Wildman–Crippen LogP) is -0.438. The molecule has 0 aromatic carbocycles. The zero-order chi connectivity index (χ0) is 13.1. The summed E-state index contributed by atoms with van der Waals surface area (Å²) >= 11 is 0. The fraction of sp³-hybridized carbons (Fsp3) is 0.900. The van der Waals surface area contributed by atoms with E-state index in [0.717, 1.165) is 12.8 Å². The fourth-order valence-corrected chi connectivity index (χ4v) is 2.70. The third-order valence-corrected chi connectivity index (χ3v) is 4.19. The number of hydrogen-bond acceptors (Lipinski definition) is 4. The van der Waals surface area contributed by atoms with Crippen molar-refractivity contribution in [1.29, 1.82) is 0 Å². The molecule has 7 heteroatoms. The molecule has 0 aromatic heterocycles. The molecule has 100 valence electrons. The maximum atomic E-state index is 11.6. The third-order valence-electron chi connectivity index (χ3n) is 2.92. The van der Waals surface area contributed by atoms with Crippen molar-refractivity contribution in [1.82, 2.24) is 9.62 Å². The van der Waals surface area contributed by atoms with E-state index in [1.807, 2.05) is 0 Å². The molecular weight excluding hydrogens is 244 g/mol. The van der Waals surface area contributed by atoms with Crippen LogP contribution >= 0.6 is 0 Å². The average molecular weight is 264 g/mol. The molecule has 1 saturated heterocycles. The molecule has 0 bridgehead atoms. The van der Waals surface area contributed by atoms with Gasteiger partial charge >= 0.3 is 0 Å². The highest BCUT2D eigenvalue weighted by molar-refractivity contribution is 7.88. The number of hydrogen-bond donors (Lipinski definition) is 1. The molecule has 1 amide bonds. The van der Waals surface area contributed by atoms with Crippen LogP contribution in [-0.2, 0) is 19.6 Å². The van der Waals surface area contributed by atoms with E-state index in [1.165, 1.54) is 17.7 Å². The summed E-state index contributed by atoms with van der Waals surface area (Å²) < 4.78 is 29.1. The molecule has 6 nitrogen and oxygen atoms in total. The first-order valence-corrected chi connectivity index (χ1v) is 7.47. The van der Waals surface area contributed by atoms with Crippen molar-refractivity contribution < 1.29 is 17.9 Å². The molecule has 2 unspecified atom stereocenters. The van der Waals surface area contributed by atoms with Crippen molar-refractivity contribution in [2.75, 3.05) is 26.5 Å². The summed E-state index contributed by atoms with van der Waals surface area (Å²) in [7, 11) is -1.70. The smallest absolute Gasteiger partial charge is 0.249 e. The molecule has 1 aliphatic rings. The van der Waals surface area contributed by atoms with Crippen LogP contribution in [0.3, 0.4) is 0 Å². The van der Waals surface area contributed by atoms with Crippen LogP contribution in [0, 0.1) is 0 Å². The van der Waals surface area contributed by atoms with Crippen LogP contribution < -0.4 is 5.32 Å². The molecule has 1 rings (SSSR count). The molecule has 0 spiro atoms. The summed E-state index contributed by atoms with van der Waals surface area (Å²) in [6.45, 7) is 2.54. The fourth-order valence-electron chi connectivity index (χ4n) is 1.79. The van der Waals surface area contributed by atoms with Gasteiger partial charge in [0, 0.05) is 26.2 Å². The van der Waals surface area contributed by atoms with Gasteiger partial charge in [0.15, 0.2) is 0 Å². The summed E-state index contributed by atoms with van der Waals surface area (Å²) in [5.41, 5.74) is 0. The van der Waals surface area contributed by atoms with Gasteiger partial charge in [0.05, 0.1) is 6.26 Å². The van der Waals surface area contributed by atoms with E-state index in [1.54, 1.807) is 6.92 Å². The summed E-state index contributed by atoms with van der Waals surface area (Å²) in [5.74, 6) is -0.201. The molecule has 0 aromatic rings. The van der Waals surface area contributed by atoms with Crippen LogP contribution in [0.4, 0.5) is 0 Å². The van der Waals surface area contributed by atoms with Gasteiger partial charge < -0.3 is 10.1 Å². The summed E-state index contributed by atoms with van der Waals surface area (Å²) in [5, 5.41) is 2.80. The molecule has 1 heterocycles. The normalized spacial score (nSPS) is 24.3. The van der Waals surface area contributed by atoms with Crippen molar-refractivity contribution in [3.05, 3.63) is 0 Å². The lowest BCUT2D eigenvalue weighted by atomic mass is 10.1. The monoisotopic (exact) mass is 264 g/mol. The van der Waals surface area contributed by atoms with Crippen LogP contribution in [-0.4, -0.2) is 57.2 Å². The molecule has 17 heavy (non-hydrogen) atoms. The highest BCUT2D eigenvalue weighted by atomic mass is 32.2. The lowest BCUT2D eigenvalue weighted by Gasteiger charge is -2.31. The molecule has 0 radical (unpaired) electrons. The summed E-state index contributed by atoms with van der Waals surface area (Å²) in [6.07, 6.45) is 2.24. The van der Waals surface area contributed by atoms with Crippen LogP contribution in [0.25, 0.3) is 0 Å². The van der Waals surface area contributed by atoms with Crippen LogP contribution in [0.5, 0.6) is 0 Å². The maximum absolute atomic E-state index is 11.6. The Kier molecular flexibility index (Phi) is 4.91. The Morgan fingerprint density at radius 1 is 1.53 bits per heavy atom. The largest absolute Gasteiger partial charge is 0.372 e. The number of carbonyl (C=O) groups is 1. The van der Waals surface area contributed by atoms with E-state index in [0.29, 0.717) is 13.1 Å². The van der Waals surface area contributed by atoms with Crippen LogP contribution in [0.15, 0.2) is 0 Å². The van der Waals surface area contributed by atoms with Gasteiger partial charge in [-0.1, -0.05) is 0 Å². The van der Waals surface area contributed by atoms with E-state index >= 15 is 0 Å². The molecular formula is C10H20N2O4S. The molecule has 0 saturated carbocycles. The summed E-state index contributed by atoms with van der Waals surface area (Å²) in [4.78, 5) is 11.6. The van der Waals surface area contributed by atoms with E-state index in [4.69, 9.17) is 4.74 Å². The highest BCUT2D eigenvalue weighted by Gasteiger charge is 2.27. The van der Waals surface area contributed by atoms with Gasteiger partial charge in [0.2, 0.25) is 15.9 Å². The van der Waals surface area contributed by atoms with Gasteiger partial charge in [-0.25, -0.2) is 12.7 Å². The number of amides is 1. The van der Waals surface area contributed by atoms with Gasteiger partial charge in [-0.05, 0) is 19.8 Å². The Hall–Kier alpha value is -0.660. The molecule has 1 aliphatic heterocycles. The van der Waals surface area contributed by atoms with Crippen molar-refractivity contribution in [2.24, 2.45) is 0 Å². The van der Waals surface area contributed by atoms with Crippen LogP contribution in [0.1, 0.15) is 19.8 Å². The van der Waals surface area contributed by atoms with Gasteiger partial charge in [-0.3, -0.25) is 4.79 Å². The Morgan fingerprint density at radius 3 is 2.71 bits per heavy atom. The second-order valence-electron chi connectivity index (χ2n) is 4.35. The average Bonchev–Trinajstić information content (AvgIpc) is 2.27. The molecule has 2 atom stereocenters. The lowest BCUT2D eigenvalue weighted by Crippen LogP contribution is -2.51. The van der Waals surface area contributed by atoms with E-state index in [2.05, 4.69) is 5.32 Å². The van der Waals surface area contributed by atoms with Crippen LogP contribution in [0.2, 0.25) is 0 Å². The molecule has 1 fully saturated rings. The maximum Gasteiger partial charge on any atom is 0.249 e. The SMILES string of the molecule is COC(C)C(=O)NC1CCCN(S(C)(=O)=O)C1. The van der Waals surface area contributed by atoms with Gasteiger partial charge in [-0.2, -0.15) is 0 Å². The first kappa shape index (κ1) is 14.4. The first-order chi connectivity index (χ1) is 7.84. The predicted molar refractivity (Wildman–Crippen MR) is 64.1 cm³/mol. The first-order valence-electron chi connectivity index (χ1n) is 5.63. The minimum Gasteiger partial charge on any atom is -0.372 e. The quantitative estimate of drug-likeness (QED) is 0.747. The van der Waals surface area contributed by atoms with Crippen molar-refractivity contribution in [3.8, 4) is 0 Å². The van der Waals surface area contributed by atoms with E-state index in [9.17, 15) is 13.2 Å². The minimum absolute atomic E-state index is 0.122. The second-order valence-corrected chi connectivity index (χ2v) is 6.33. The van der Waals surface area contributed by atoms with Crippen molar-refractivity contribution in [2.45, 2.75) is 31.9 Å². The number of nitrogens with zero attached hydrogens (tertiary/aromatic N) is 1. The van der Waals surface area contributed by atoms with Crippen molar-refractivity contribution >= 4 is 15.9 Å². The van der Waals surface area contributed by atoms with E-state index < -0.39 is 16.1 Å². The molecule has 1 N–H and O–H groups in total. The minimum atomic E-state index is -3.17. The molecule has 0 aliphatic carbocycles. The second kappa shape index (κ2) is 5.79. The number of nitrogens with one attached hydrogen (secondary N) is 1. The highest BCUT2D eigenvalue weighted by Crippen LogP contribution is 2.13. The lowest BCUT2D eigenvalue weighted by molar-refractivity contribution is -0.131. The Bertz CT molecular complexity index is 369.